The predicted octanol–water partition coefficient (Wildman–Crippen LogP) is -0.504. The summed E-state index contributed by atoms with van der Waals surface area (Å²) in [7, 11) is 4.92. The van der Waals surface area contributed by atoms with Gasteiger partial charge in [0.15, 0.2) is 0 Å². The first-order chi connectivity index (χ1) is 6.91. The maximum atomic E-state index is 8.00. The fourth-order valence-corrected chi connectivity index (χ4v) is 0. The zero-order chi connectivity index (χ0) is 13.4. The van der Waals surface area contributed by atoms with Crippen LogP contribution in [-0.4, -0.2) is 50.9 Å². The third-order valence-electron chi connectivity index (χ3n) is 0.167. The lowest BCUT2D eigenvalue weighted by Crippen LogP contribution is -1.72. The normalized spacial score (nSPS) is 3.60. The average molecular weight is 236 g/mol. The molecule has 0 fully saturated rings. The number of hydrogen-bond acceptors (Lipinski definition) is 7. The molecule has 8 nitrogen and oxygen atoms in total. The van der Waals surface area contributed by atoms with E-state index < -0.39 is 0 Å². The lowest BCUT2D eigenvalue weighted by Gasteiger charge is -1.78. The summed E-state index contributed by atoms with van der Waals surface area (Å²) in [5, 5.41) is 14.0. The topological polar surface area (TPSA) is 142 Å². The van der Waals surface area contributed by atoms with Gasteiger partial charge in [-0.3, -0.25) is 0 Å². The molecule has 0 aliphatic heterocycles. The van der Waals surface area contributed by atoms with Crippen LogP contribution in [0.1, 0.15) is 2.85 Å². The Hall–Kier alpha value is -1.19. The molecule has 0 spiro atoms. The minimum atomic E-state index is 0. The fourth-order valence-electron chi connectivity index (χ4n) is 0. The van der Waals surface area contributed by atoms with Gasteiger partial charge < -0.3 is 20.5 Å². The van der Waals surface area contributed by atoms with E-state index >= 15 is 0 Å². The summed E-state index contributed by atoms with van der Waals surface area (Å²) in [6, 6.07) is 0. The number of carbonyl (C=O) groups is 1. The van der Waals surface area contributed by atoms with Crippen molar-refractivity contribution in [3.05, 3.63) is 23.1 Å². The summed E-state index contributed by atoms with van der Waals surface area (Å²) >= 11 is 0. The van der Waals surface area contributed by atoms with Gasteiger partial charge in [0.1, 0.15) is 6.79 Å². The number of hydrogen-bond donors (Lipinski definition) is 2. The van der Waals surface area contributed by atoms with E-state index in [4.69, 9.17) is 24.9 Å². The summed E-state index contributed by atoms with van der Waals surface area (Å²) in [6.45, 7) is 8.00. The molecular weight excluding hydrogens is 212 g/mol. The van der Waals surface area contributed by atoms with Crippen LogP contribution in [0.15, 0.2) is 13.2 Å². The lowest BCUT2D eigenvalue weighted by atomic mass is 11.3. The van der Waals surface area contributed by atoms with E-state index in [1.165, 1.54) is 14.2 Å². The third-order valence-corrected chi connectivity index (χ3v) is 0.167. The monoisotopic (exact) mass is 236 g/mol. The highest BCUT2D eigenvalue weighted by molar-refractivity contribution is 5.10. The second kappa shape index (κ2) is 2720. The van der Waals surface area contributed by atoms with Crippen LogP contribution >= 0.6 is 0 Å². The average Bonchev–Trinajstić information content (AvgIpc) is 2.41. The summed E-state index contributed by atoms with van der Waals surface area (Å²) in [4.78, 5) is 30.1. The van der Waals surface area contributed by atoms with Crippen LogP contribution in [0.2, 0.25) is 0 Å². The molecule has 0 aliphatic rings. The summed E-state index contributed by atoms with van der Waals surface area (Å²) in [5.74, 6) is 0. The van der Waals surface area contributed by atoms with Crippen molar-refractivity contribution in [2.75, 3.05) is 28.4 Å². The highest BCUT2D eigenvalue weighted by Crippen LogP contribution is 1.52. The van der Waals surface area contributed by atoms with Crippen molar-refractivity contribution in [2.45, 2.75) is 0 Å². The van der Waals surface area contributed by atoms with Crippen molar-refractivity contribution < 1.29 is 33.1 Å². The Labute approximate surface area is 92.6 Å². The van der Waals surface area contributed by atoms with Gasteiger partial charge in [0.2, 0.25) is 0 Å². The first-order valence-corrected chi connectivity index (χ1v) is 2.83. The van der Waals surface area contributed by atoms with Gasteiger partial charge in [-0.1, -0.05) is 0 Å². The first-order valence-electron chi connectivity index (χ1n) is 2.83. The minimum absolute atomic E-state index is 0. The van der Waals surface area contributed by atoms with Crippen molar-refractivity contribution in [1.29, 1.82) is 0 Å². The van der Waals surface area contributed by atoms with Gasteiger partial charge in [0.05, 0.1) is 14.2 Å². The van der Waals surface area contributed by atoms with Gasteiger partial charge in [-0.2, -0.15) is 0 Å². The number of rotatable bonds is 1. The quantitative estimate of drug-likeness (QED) is 0.355. The van der Waals surface area contributed by atoms with E-state index in [1.54, 1.807) is 0 Å². The minimum Gasteiger partial charge on any atom is -0.412 e. The molecule has 0 heterocycles. The summed E-state index contributed by atoms with van der Waals surface area (Å²) < 4.78 is 0. The molecule has 0 radical (unpaired) electrons. The Bertz CT molecular complexity index is 40.3. The Kier molecular flexibility index (Phi) is 8870. The second-order valence-corrected chi connectivity index (χ2v) is 0.333. The van der Waals surface area contributed by atoms with E-state index in [9.17, 15) is 0 Å². The van der Waals surface area contributed by atoms with Crippen LogP contribution in [0.5, 0.6) is 0 Å². The molecule has 0 saturated carbocycles. The highest BCUT2D eigenvalue weighted by Gasteiger charge is 1.47. The zero-order valence-corrected chi connectivity index (χ0v) is 9.56. The summed E-state index contributed by atoms with van der Waals surface area (Å²) in [5.41, 5.74) is 0. The van der Waals surface area contributed by atoms with E-state index in [-0.39, 0.29) is 8.33 Å². The predicted molar refractivity (Wildman–Crippen MR) is 61.3 cm³/mol. The van der Waals surface area contributed by atoms with Crippen LogP contribution in [0.3, 0.4) is 0 Å². The highest BCUT2D eigenvalue weighted by atomic mass is 17.2. The maximum absolute atomic E-state index is 8.00. The molecule has 0 unspecified atom stereocenters. The van der Waals surface area contributed by atoms with Gasteiger partial charge >= 0.3 is 2.85 Å². The molecule has 98 valence electrons. The van der Waals surface area contributed by atoms with Gasteiger partial charge in [0, 0.05) is 24.1 Å². The van der Waals surface area contributed by atoms with Crippen molar-refractivity contribution >= 4 is 6.79 Å². The van der Waals surface area contributed by atoms with E-state index in [0.717, 1.165) is 14.2 Å². The van der Waals surface area contributed by atoms with Crippen molar-refractivity contribution in [1.82, 2.24) is 0 Å². The SMILES string of the molecule is C=C.C=O.CO.CO.COOC.O.O=O.[H+].[H+]. The molecule has 0 amide bonds. The molecule has 0 aromatic carbocycles. The molecule has 0 aromatic rings. The van der Waals surface area contributed by atoms with Crippen LogP contribution in [0.25, 0.3) is 0 Å². The first kappa shape index (κ1) is 48.9. The summed E-state index contributed by atoms with van der Waals surface area (Å²) in [6.07, 6.45) is 0. The largest absolute Gasteiger partial charge is 1.00 e. The third kappa shape index (κ3) is 41500. The van der Waals surface area contributed by atoms with Crippen LogP contribution < -0.4 is 0 Å². The van der Waals surface area contributed by atoms with Crippen molar-refractivity contribution in [3.8, 4) is 0 Å². The van der Waals surface area contributed by atoms with Crippen molar-refractivity contribution in [2.24, 2.45) is 0 Å². The number of carbonyl (C=O) groups excluding carboxylic acids is 1. The van der Waals surface area contributed by atoms with Gasteiger partial charge in [0.25, 0.3) is 0 Å². The Morgan fingerprint density at radius 3 is 0.933 bits per heavy atom. The zero-order valence-electron chi connectivity index (χ0n) is 11.6. The Balaban J connectivity index is -0.00000000645. The smallest absolute Gasteiger partial charge is 0.412 e. The Morgan fingerprint density at radius 1 is 0.867 bits per heavy atom. The number of aliphatic hydroxyl groups is 2. The molecule has 8 heteroatoms. The lowest BCUT2D eigenvalue weighted by molar-refractivity contribution is -0.248. The molecular formula is C7H24O8+2. The van der Waals surface area contributed by atoms with Gasteiger partial charge in [-0.15, -0.1) is 13.2 Å². The fraction of sp³-hybridized carbons (Fsp3) is 0.571. The molecule has 15 heavy (non-hydrogen) atoms. The van der Waals surface area contributed by atoms with Crippen molar-refractivity contribution in [3.63, 3.8) is 0 Å². The van der Waals surface area contributed by atoms with Crippen LogP contribution in [0, 0.1) is 9.93 Å². The molecule has 0 aromatic heterocycles. The molecule has 0 bridgehead atoms. The van der Waals surface area contributed by atoms with E-state index in [1.807, 2.05) is 6.79 Å². The van der Waals surface area contributed by atoms with Gasteiger partial charge in [-0.25, -0.2) is 9.78 Å². The van der Waals surface area contributed by atoms with Crippen LogP contribution in [-0.2, 0) is 14.6 Å². The standard InChI is InChI=1S/C2H6O2.C2H4.2CH4O.CH2O.O2.H2O/c1-3-4-2;5*1-2;/h1-2H3;1-2H2;2*2H,1H3;1H2;;1H2/p+2. The molecule has 0 saturated heterocycles. The molecule has 4 N–H and O–H groups in total. The van der Waals surface area contributed by atoms with Crippen LogP contribution in [0.4, 0.5) is 0 Å². The van der Waals surface area contributed by atoms with E-state index in [2.05, 4.69) is 22.9 Å². The second-order valence-electron chi connectivity index (χ2n) is 0.333. The number of aliphatic hydroxyl groups excluding tert-OH is 2. The Morgan fingerprint density at radius 2 is 0.933 bits per heavy atom. The maximum Gasteiger partial charge on any atom is 1.00 e. The van der Waals surface area contributed by atoms with E-state index in [0.29, 0.717) is 0 Å². The molecule has 0 atom stereocenters. The molecule has 0 rings (SSSR count). The molecule has 0 aliphatic carbocycles. The van der Waals surface area contributed by atoms with Gasteiger partial charge in [-0.05, 0) is 0 Å².